The van der Waals surface area contributed by atoms with E-state index in [-0.39, 0.29) is 6.61 Å². The van der Waals surface area contributed by atoms with Gasteiger partial charge in [0.05, 0.1) is 10.0 Å². The molecule has 0 amide bonds. The third kappa shape index (κ3) is 3.36. The van der Waals surface area contributed by atoms with E-state index < -0.39 is 5.41 Å². The van der Waals surface area contributed by atoms with Crippen LogP contribution in [0.25, 0.3) is 0 Å². The average molecular weight is 378 g/mol. The molecule has 132 valence electrons. The summed E-state index contributed by atoms with van der Waals surface area (Å²) in [6.45, 7) is 3.29. The number of benzene rings is 2. The minimum atomic E-state index is -0.877. The van der Waals surface area contributed by atoms with Gasteiger partial charge in [0, 0.05) is 23.9 Å². The smallest absolute Gasteiger partial charge is 0.138 e. The third-order valence-electron chi connectivity index (χ3n) is 4.66. The summed E-state index contributed by atoms with van der Waals surface area (Å²) in [5.41, 5.74) is 1.74. The van der Waals surface area contributed by atoms with E-state index in [4.69, 9.17) is 27.9 Å². The van der Waals surface area contributed by atoms with Gasteiger partial charge in [-0.15, -0.1) is 0 Å². The van der Waals surface area contributed by atoms with Crippen LogP contribution in [0.1, 0.15) is 37.3 Å². The number of anilines is 1. The minimum Gasteiger partial charge on any atom is -0.491 e. The highest BCUT2D eigenvalue weighted by Crippen LogP contribution is 2.47. The van der Waals surface area contributed by atoms with Gasteiger partial charge in [0.2, 0.25) is 0 Å². The van der Waals surface area contributed by atoms with Gasteiger partial charge < -0.3 is 14.8 Å². The van der Waals surface area contributed by atoms with E-state index in [1.165, 1.54) is 12.8 Å². The Morgan fingerprint density at radius 2 is 1.92 bits per heavy atom. The molecule has 1 heterocycles. The first kappa shape index (κ1) is 18.1. The van der Waals surface area contributed by atoms with Gasteiger partial charge in [0.15, 0.2) is 0 Å². The quantitative estimate of drug-likeness (QED) is 0.513. The van der Waals surface area contributed by atoms with Crippen molar-refractivity contribution in [3.63, 3.8) is 0 Å². The van der Waals surface area contributed by atoms with Crippen molar-refractivity contribution in [2.24, 2.45) is 0 Å². The zero-order valence-corrected chi connectivity index (χ0v) is 15.7. The zero-order valence-electron chi connectivity index (χ0n) is 14.1. The van der Waals surface area contributed by atoms with Crippen LogP contribution < -0.4 is 10.1 Å². The van der Waals surface area contributed by atoms with Crippen molar-refractivity contribution in [1.82, 2.24) is 0 Å². The molecule has 5 heteroatoms. The Hall–Kier alpha value is -1.71. The van der Waals surface area contributed by atoms with Gasteiger partial charge >= 0.3 is 0 Å². The summed E-state index contributed by atoms with van der Waals surface area (Å²) in [4.78, 5) is 12.2. The van der Waals surface area contributed by atoms with Crippen LogP contribution in [0, 0.1) is 0 Å². The van der Waals surface area contributed by atoms with E-state index in [9.17, 15) is 4.79 Å². The number of rotatable bonds is 7. The standard InChI is InChI=1S/C20H21Cl2NO2/c1-2-3-6-9-23-18-8-5-4-7-14(18)20(12-24)13-25-19-11-17(22)16(21)10-15(19)20/h4-5,7-8,10-12,23H,2-3,6,9,13H2,1H3. The number of para-hydroxylation sites is 1. The average Bonchev–Trinajstić information content (AvgIpc) is 2.98. The molecular weight excluding hydrogens is 357 g/mol. The van der Waals surface area contributed by atoms with Crippen molar-refractivity contribution in [3.8, 4) is 5.75 Å². The Bertz CT molecular complexity index is 778. The molecule has 1 atom stereocenters. The lowest BCUT2D eigenvalue weighted by Gasteiger charge is -2.25. The highest BCUT2D eigenvalue weighted by atomic mass is 35.5. The molecule has 0 aliphatic carbocycles. The Labute approximate surface area is 158 Å². The molecule has 0 bridgehead atoms. The molecule has 1 unspecified atom stereocenters. The molecule has 1 N–H and O–H groups in total. The Kier molecular flexibility index (Phi) is 5.55. The molecule has 2 aromatic rings. The normalized spacial score (nSPS) is 18.5. The second kappa shape index (κ2) is 7.67. The summed E-state index contributed by atoms with van der Waals surface area (Å²) in [6, 6.07) is 11.3. The maximum Gasteiger partial charge on any atom is 0.138 e. The summed E-state index contributed by atoms with van der Waals surface area (Å²) in [5, 5.41) is 4.31. The fraction of sp³-hybridized carbons (Fsp3) is 0.350. The lowest BCUT2D eigenvalue weighted by atomic mass is 9.76. The Morgan fingerprint density at radius 3 is 2.68 bits per heavy atom. The summed E-state index contributed by atoms with van der Waals surface area (Å²) >= 11 is 12.3. The second-order valence-electron chi connectivity index (χ2n) is 6.32. The summed E-state index contributed by atoms with van der Waals surface area (Å²) in [7, 11) is 0. The number of halogens is 2. The van der Waals surface area contributed by atoms with Crippen LogP contribution in [-0.2, 0) is 10.2 Å². The molecule has 0 spiro atoms. The predicted molar refractivity (Wildman–Crippen MR) is 103 cm³/mol. The van der Waals surface area contributed by atoms with E-state index in [2.05, 4.69) is 12.2 Å². The number of nitrogens with one attached hydrogen (secondary N) is 1. The second-order valence-corrected chi connectivity index (χ2v) is 7.13. The van der Waals surface area contributed by atoms with Gasteiger partial charge in [-0.25, -0.2) is 0 Å². The largest absolute Gasteiger partial charge is 0.491 e. The molecule has 0 aromatic heterocycles. The van der Waals surface area contributed by atoms with Gasteiger partial charge in [-0.1, -0.05) is 61.2 Å². The number of ether oxygens (including phenoxy) is 1. The minimum absolute atomic E-state index is 0.246. The van der Waals surface area contributed by atoms with Gasteiger partial charge in [0.1, 0.15) is 24.1 Å². The van der Waals surface area contributed by atoms with E-state index in [1.807, 2.05) is 24.3 Å². The van der Waals surface area contributed by atoms with Crippen molar-refractivity contribution >= 4 is 35.2 Å². The molecule has 0 fully saturated rings. The van der Waals surface area contributed by atoms with Gasteiger partial charge in [0.25, 0.3) is 0 Å². The van der Waals surface area contributed by atoms with Crippen molar-refractivity contribution in [1.29, 1.82) is 0 Å². The van der Waals surface area contributed by atoms with E-state index in [1.54, 1.807) is 12.1 Å². The highest BCUT2D eigenvalue weighted by Gasteiger charge is 2.44. The zero-order chi connectivity index (χ0) is 17.9. The fourth-order valence-corrected chi connectivity index (χ4v) is 3.59. The molecule has 25 heavy (non-hydrogen) atoms. The lowest BCUT2D eigenvalue weighted by Crippen LogP contribution is -2.32. The molecular formula is C20H21Cl2NO2. The molecule has 0 radical (unpaired) electrons. The molecule has 0 saturated carbocycles. The van der Waals surface area contributed by atoms with Crippen LogP contribution in [0.5, 0.6) is 5.75 Å². The molecule has 3 rings (SSSR count). The van der Waals surface area contributed by atoms with Crippen LogP contribution in [0.2, 0.25) is 10.0 Å². The Morgan fingerprint density at radius 1 is 1.16 bits per heavy atom. The molecule has 1 aliphatic rings. The lowest BCUT2D eigenvalue weighted by molar-refractivity contribution is -0.111. The number of carbonyl (C=O) groups is 1. The van der Waals surface area contributed by atoms with Crippen LogP contribution in [0.4, 0.5) is 5.69 Å². The molecule has 1 aliphatic heterocycles. The van der Waals surface area contributed by atoms with Gasteiger partial charge in [-0.3, -0.25) is 0 Å². The van der Waals surface area contributed by atoms with E-state index in [0.29, 0.717) is 15.8 Å². The Balaban J connectivity index is 2.01. The fourth-order valence-electron chi connectivity index (χ4n) is 3.27. The monoisotopic (exact) mass is 377 g/mol. The number of aldehydes is 1. The van der Waals surface area contributed by atoms with E-state index in [0.717, 1.165) is 36.1 Å². The van der Waals surface area contributed by atoms with Crippen molar-refractivity contribution in [3.05, 3.63) is 57.6 Å². The number of unbranched alkanes of at least 4 members (excludes halogenated alkanes) is 2. The van der Waals surface area contributed by atoms with Crippen LogP contribution in [0.15, 0.2) is 36.4 Å². The van der Waals surface area contributed by atoms with Crippen molar-refractivity contribution in [2.45, 2.75) is 31.6 Å². The SMILES string of the molecule is CCCCCNc1ccccc1C1(C=O)COc2cc(Cl)c(Cl)cc21. The van der Waals surface area contributed by atoms with Gasteiger partial charge in [-0.2, -0.15) is 0 Å². The summed E-state index contributed by atoms with van der Waals surface area (Å²) in [6.07, 6.45) is 4.39. The number of carbonyl (C=O) groups excluding carboxylic acids is 1. The number of hydrogen-bond donors (Lipinski definition) is 1. The maximum atomic E-state index is 12.2. The first-order valence-corrected chi connectivity index (χ1v) is 9.30. The summed E-state index contributed by atoms with van der Waals surface area (Å²) < 4.78 is 5.79. The topological polar surface area (TPSA) is 38.3 Å². The maximum absolute atomic E-state index is 12.2. The van der Waals surface area contributed by atoms with Crippen LogP contribution in [0.3, 0.4) is 0 Å². The van der Waals surface area contributed by atoms with Crippen molar-refractivity contribution in [2.75, 3.05) is 18.5 Å². The van der Waals surface area contributed by atoms with Crippen LogP contribution >= 0.6 is 23.2 Å². The molecule has 0 saturated heterocycles. The molecule has 3 nitrogen and oxygen atoms in total. The first-order valence-electron chi connectivity index (χ1n) is 8.54. The highest BCUT2D eigenvalue weighted by molar-refractivity contribution is 6.42. The van der Waals surface area contributed by atoms with Gasteiger partial charge in [-0.05, 0) is 24.1 Å². The van der Waals surface area contributed by atoms with Crippen LogP contribution in [-0.4, -0.2) is 19.4 Å². The number of fused-ring (bicyclic) bond motifs is 1. The summed E-state index contributed by atoms with van der Waals surface area (Å²) in [5.74, 6) is 0.613. The predicted octanol–water partition coefficient (Wildman–Crippen LogP) is 5.47. The number of hydrogen-bond acceptors (Lipinski definition) is 3. The van der Waals surface area contributed by atoms with Crippen molar-refractivity contribution < 1.29 is 9.53 Å². The molecule has 2 aromatic carbocycles. The third-order valence-corrected chi connectivity index (χ3v) is 5.39. The first-order chi connectivity index (χ1) is 12.1. The van der Waals surface area contributed by atoms with E-state index >= 15 is 0 Å².